The molecule has 25 heavy (non-hydrogen) atoms. The van der Waals surface area contributed by atoms with E-state index in [9.17, 15) is 12.8 Å². The highest BCUT2D eigenvalue weighted by atomic mass is 35.5. The largest absolute Gasteiger partial charge is 0.332 e. The second-order valence-electron chi connectivity index (χ2n) is 5.13. The average molecular weight is 416 g/mol. The van der Waals surface area contributed by atoms with Crippen molar-refractivity contribution in [3.8, 4) is 0 Å². The monoisotopic (exact) mass is 415 g/mol. The maximum Gasteiger partial charge on any atom is 0.190 e. The fraction of sp³-hybridized carbons (Fsp3) is 0.0667. The number of hydrogen-bond donors (Lipinski definition) is 2. The van der Waals surface area contributed by atoms with Gasteiger partial charge in [0, 0.05) is 11.9 Å². The van der Waals surface area contributed by atoms with E-state index in [1.165, 1.54) is 35.6 Å². The standard InChI is InChI=1S/C15H11ClFN3O2S3/c1-25(21,22)9-3-5-12-13(7-9)24-15(19-12)20-14(23)18-8-2-4-11(17)10(16)6-8/h2-7H,1H3,(H2,18,19,20,23). The lowest BCUT2D eigenvalue weighted by atomic mass is 10.3. The first-order valence-corrected chi connectivity index (χ1v) is 10.4. The Kier molecular flexibility index (Phi) is 4.92. The molecule has 130 valence electrons. The number of nitrogens with one attached hydrogen (secondary N) is 2. The highest BCUT2D eigenvalue weighted by Crippen LogP contribution is 2.28. The number of sulfone groups is 1. The molecule has 0 aliphatic carbocycles. The van der Waals surface area contributed by atoms with Gasteiger partial charge >= 0.3 is 0 Å². The Morgan fingerprint density at radius 3 is 2.68 bits per heavy atom. The van der Waals surface area contributed by atoms with E-state index in [0.29, 0.717) is 16.3 Å². The number of aromatic nitrogens is 1. The van der Waals surface area contributed by atoms with Crippen LogP contribution >= 0.6 is 35.2 Å². The molecule has 0 saturated heterocycles. The Morgan fingerprint density at radius 1 is 1.24 bits per heavy atom. The first kappa shape index (κ1) is 18.0. The Balaban J connectivity index is 1.78. The number of thiazole rings is 1. The van der Waals surface area contributed by atoms with E-state index in [1.807, 2.05) is 0 Å². The van der Waals surface area contributed by atoms with Crippen LogP contribution in [0.25, 0.3) is 10.2 Å². The van der Waals surface area contributed by atoms with E-state index in [2.05, 4.69) is 15.6 Å². The summed E-state index contributed by atoms with van der Waals surface area (Å²) in [5, 5.41) is 6.54. The van der Waals surface area contributed by atoms with Crippen molar-refractivity contribution in [3.05, 3.63) is 47.2 Å². The van der Waals surface area contributed by atoms with Gasteiger partial charge in [0.05, 0.1) is 20.1 Å². The predicted molar refractivity (Wildman–Crippen MR) is 104 cm³/mol. The molecule has 0 spiro atoms. The molecule has 3 rings (SSSR count). The van der Waals surface area contributed by atoms with Gasteiger partial charge in [-0.25, -0.2) is 17.8 Å². The van der Waals surface area contributed by atoms with Crippen LogP contribution in [0.2, 0.25) is 5.02 Å². The zero-order chi connectivity index (χ0) is 18.2. The van der Waals surface area contributed by atoms with Crippen molar-refractivity contribution >= 4 is 71.1 Å². The van der Waals surface area contributed by atoms with E-state index < -0.39 is 15.7 Å². The quantitative estimate of drug-likeness (QED) is 0.621. The lowest BCUT2D eigenvalue weighted by molar-refractivity contribution is 0.602. The number of halogens is 2. The maximum absolute atomic E-state index is 13.2. The topological polar surface area (TPSA) is 71.1 Å². The Bertz CT molecular complexity index is 1080. The molecule has 0 atom stereocenters. The van der Waals surface area contributed by atoms with Crippen LogP contribution in [0.5, 0.6) is 0 Å². The molecule has 3 aromatic rings. The van der Waals surface area contributed by atoms with Crippen LogP contribution in [0, 0.1) is 5.82 Å². The average Bonchev–Trinajstić information content (AvgIpc) is 2.91. The van der Waals surface area contributed by atoms with Gasteiger partial charge < -0.3 is 10.6 Å². The molecule has 10 heteroatoms. The molecule has 0 bridgehead atoms. The molecule has 0 aliphatic heterocycles. The first-order valence-electron chi connectivity index (χ1n) is 6.86. The van der Waals surface area contributed by atoms with Gasteiger partial charge in [0.2, 0.25) is 0 Å². The Morgan fingerprint density at radius 2 is 2.00 bits per heavy atom. The molecule has 0 saturated carbocycles. The minimum absolute atomic E-state index is 0.0129. The van der Waals surface area contributed by atoms with Crippen LogP contribution in [0.15, 0.2) is 41.3 Å². The fourth-order valence-electron chi connectivity index (χ4n) is 2.02. The number of fused-ring (bicyclic) bond motifs is 1. The third-order valence-electron chi connectivity index (χ3n) is 3.19. The normalized spacial score (nSPS) is 11.5. The zero-order valence-electron chi connectivity index (χ0n) is 12.7. The van der Waals surface area contributed by atoms with Crippen molar-refractivity contribution in [1.29, 1.82) is 0 Å². The molecule has 5 nitrogen and oxygen atoms in total. The lowest BCUT2D eigenvalue weighted by Crippen LogP contribution is -2.18. The van der Waals surface area contributed by atoms with Crippen LogP contribution in [-0.4, -0.2) is 24.8 Å². The summed E-state index contributed by atoms with van der Waals surface area (Å²) < 4.78 is 37.1. The maximum atomic E-state index is 13.2. The summed E-state index contributed by atoms with van der Waals surface area (Å²) in [6.45, 7) is 0. The molecule has 0 aliphatic rings. The predicted octanol–water partition coefficient (Wildman–Crippen LogP) is 4.30. The second-order valence-corrected chi connectivity index (χ2v) is 8.99. The molecule has 0 unspecified atom stereocenters. The van der Waals surface area contributed by atoms with Crippen molar-refractivity contribution in [2.75, 3.05) is 16.9 Å². The molecule has 0 fully saturated rings. The summed E-state index contributed by atoms with van der Waals surface area (Å²) >= 11 is 12.2. The van der Waals surface area contributed by atoms with Crippen molar-refractivity contribution in [2.24, 2.45) is 0 Å². The van der Waals surface area contributed by atoms with Gasteiger partial charge in [-0.15, -0.1) is 0 Å². The summed E-state index contributed by atoms with van der Waals surface area (Å²) in [5.41, 5.74) is 1.19. The molecule has 0 amide bonds. The van der Waals surface area contributed by atoms with Gasteiger partial charge in [0.25, 0.3) is 0 Å². The summed E-state index contributed by atoms with van der Waals surface area (Å²) in [4.78, 5) is 4.58. The van der Waals surface area contributed by atoms with E-state index in [0.717, 1.165) is 11.0 Å². The van der Waals surface area contributed by atoms with Crippen molar-refractivity contribution in [1.82, 2.24) is 4.98 Å². The van der Waals surface area contributed by atoms with Crippen molar-refractivity contribution in [2.45, 2.75) is 4.90 Å². The van der Waals surface area contributed by atoms with Gasteiger partial charge in [-0.2, -0.15) is 0 Å². The van der Waals surface area contributed by atoms with Crippen LogP contribution < -0.4 is 10.6 Å². The van der Waals surface area contributed by atoms with Gasteiger partial charge in [-0.3, -0.25) is 0 Å². The number of thiocarbonyl (C=S) groups is 1. The van der Waals surface area contributed by atoms with Crippen LogP contribution in [0.1, 0.15) is 0 Å². The van der Waals surface area contributed by atoms with E-state index >= 15 is 0 Å². The number of anilines is 2. The first-order chi connectivity index (χ1) is 11.7. The minimum Gasteiger partial charge on any atom is -0.332 e. The van der Waals surface area contributed by atoms with Crippen LogP contribution in [-0.2, 0) is 9.84 Å². The molecule has 1 aromatic heterocycles. The third kappa shape index (κ3) is 4.24. The zero-order valence-corrected chi connectivity index (χ0v) is 15.9. The molecular weight excluding hydrogens is 405 g/mol. The molecule has 1 heterocycles. The van der Waals surface area contributed by atoms with Gasteiger partial charge in [0.15, 0.2) is 20.1 Å². The minimum atomic E-state index is -3.28. The van der Waals surface area contributed by atoms with Crippen LogP contribution in [0.4, 0.5) is 15.2 Å². The van der Waals surface area contributed by atoms with Gasteiger partial charge in [-0.1, -0.05) is 22.9 Å². The molecule has 0 radical (unpaired) electrons. The summed E-state index contributed by atoms with van der Waals surface area (Å²) in [6.07, 6.45) is 1.15. The number of benzene rings is 2. The Labute approximate surface area is 157 Å². The number of hydrogen-bond acceptors (Lipinski definition) is 5. The lowest BCUT2D eigenvalue weighted by Gasteiger charge is -2.08. The van der Waals surface area contributed by atoms with Crippen molar-refractivity contribution in [3.63, 3.8) is 0 Å². The smallest absolute Gasteiger partial charge is 0.190 e. The fourth-order valence-corrected chi connectivity index (χ4v) is 4.11. The van der Waals surface area contributed by atoms with E-state index in [1.54, 1.807) is 12.1 Å². The summed E-state index contributed by atoms with van der Waals surface area (Å²) in [6, 6.07) is 8.89. The van der Waals surface area contributed by atoms with E-state index in [-0.39, 0.29) is 15.0 Å². The highest BCUT2D eigenvalue weighted by molar-refractivity contribution is 7.90. The number of rotatable bonds is 3. The molecule has 2 aromatic carbocycles. The SMILES string of the molecule is CS(=O)(=O)c1ccc2nc(NC(=S)Nc3ccc(F)c(Cl)c3)sc2c1. The van der Waals surface area contributed by atoms with Crippen molar-refractivity contribution < 1.29 is 12.8 Å². The molecular formula is C15H11ClFN3O2S3. The van der Waals surface area contributed by atoms with Crippen LogP contribution in [0.3, 0.4) is 0 Å². The second kappa shape index (κ2) is 6.83. The highest BCUT2D eigenvalue weighted by Gasteiger charge is 2.11. The summed E-state index contributed by atoms with van der Waals surface area (Å²) in [5.74, 6) is -0.515. The molecule has 2 N–H and O–H groups in total. The number of nitrogens with zero attached hydrogens (tertiary/aromatic N) is 1. The van der Waals surface area contributed by atoms with Gasteiger partial charge in [0.1, 0.15) is 5.82 Å². The van der Waals surface area contributed by atoms with E-state index in [4.69, 9.17) is 23.8 Å². The summed E-state index contributed by atoms with van der Waals surface area (Å²) in [7, 11) is -3.28. The van der Waals surface area contributed by atoms with Gasteiger partial charge in [-0.05, 0) is 48.6 Å². The Hall–Kier alpha value is -1.81. The third-order valence-corrected chi connectivity index (χ3v) is 5.72.